The molecule has 1 aromatic heterocycles. The average molecular weight is 332 g/mol. The number of aliphatic hydroxyl groups is 1. The highest BCUT2D eigenvalue weighted by Crippen LogP contribution is 2.26. The predicted octanol–water partition coefficient (Wildman–Crippen LogP) is 0.854. The molecule has 132 valence electrons. The van der Waals surface area contributed by atoms with Gasteiger partial charge in [-0.15, -0.1) is 0 Å². The summed E-state index contributed by atoms with van der Waals surface area (Å²) in [4.78, 5) is 17.2. The van der Waals surface area contributed by atoms with E-state index in [0.717, 1.165) is 45.0 Å². The highest BCUT2D eigenvalue weighted by Gasteiger charge is 2.23. The molecular weight excluding hydrogens is 304 g/mol. The topological polar surface area (TPSA) is 90.9 Å². The van der Waals surface area contributed by atoms with Gasteiger partial charge in [0, 0.05) is 38.6 Å². The number of guanidine groups is 1. The van der Waals surface area contributed by atoms with Crippen molar-refractivity contribution in [2.45, 2.75) is 38.2 Å². The normalized spacial score (nSPS) is 21.8. The summed E-state index contributed by atoms with van der Waals surface area (Å²) in [6.45, 7) is 3.66. The van der Waals surface area contributed by atoms with Gasteiger partial charge in [0.25, 0.3) is 0 Å². The third-order valence-corrected chi connectivity index (χ3v) is 5.07. The van der Waals surface area contributed by atoms with E-state index in [2.05, 4.69) is 24.8 Å². The minimum Gasteiger partial charge on any atom is -0.391 e. The zero-order chi connectivity index (χ0) is 16.8. The lowest BCUT2D eigenvalue weighted by Crippen LogP contribution is -2.51. The van der Waals surface area contributed by atoms with E-state index in [9.17, 15) is 5.11 Å². The van der Waals surface area contributed by atoms with Crippen molar-refractivity contribution in [2.75, 3.05) is 37.6 Å². The number of rotatable bonds is 4. The van der Waals surface area contributed by atoms with Crippen molar-refractivity contribution < 1.29 is 5.11 Å². The Labute approximate surface area is 143 Å². The Morgan fingerprint density at radius 3 is 2.50 bits per heavy atom. The highest BCUT2D eigenvalue weighted by atomic mass is 16.3. The first-order valence-electron chi connectivity index (χ1n) is 8.99. The largest absolute Gasteiger partial charge is 0.391 e. The van der Waals surface area contributed by atoms with Gasteiger partial charge in [0.1, 0.15) is 0 Å². The van der Waals surface area contributed by atoms with Crippen LogP contribution < -0.4 is 10.6 Å². The lowest BCUT2D eigenvalue weighted by Gasteiger charge is -2.35. The number of aromatic nitrogens is 2. The van der Waals surface area contributed by atoms with Crippen LogP contribution in [-0.2, 0) is 0 Å². The Balaban J connectivity index is 1.46. The number of nitrogens with zero attached hydrogens (tertiary/aromatic N) is 5. The standard InChI is InChI=1S/C17H28N6O/c18-16(21-13-15(24)14-5-2-1-3-6-14)22-9-11-23(12-10-22)17-19-7-4-8-20-17/h4,7-8,14-15,24H,1-3,5-6,9-13H2,(H2,18,21). The molecule has 0 radical (unpaired) electrons. The maximum absolute atomic E-state index is 10.3. The zero-order valence-electron chi connectivity index (χ0n) is 14.2. The lowest BCUT2D eigenvalue weighted by molar-refractivity contribution is 0.0921. The molecule has 1 unspecified atom stereocenters. The summed E-state index contributed by atoms with van der Waals surface area (Å²) in [6.07, 6.45) is 9.15. The summed E-state index contributed by atoms with van der Waals surface area (Å²) in [6, 6.07) is 1.82. The van der Waals surface area contributed by atoms with E-state index in [4.69, 9.17) is 5.73 Å². The van der Waals surface area contributed by atoms with E-state index in [0.29, 0.717) is 18.4 Å². The van der Waals surface area contributed by atoms with Crippen LogP contribution in [0.5, 0.6) is 0 Å². The molecule has 1 aliphatic carbocycles. The van der Waals surface area contributed by atoms with Crippen molar-refractivity contribution in [3.05, 3.63) is 18.5 Å². The summed E-state index contributed by atoms with van der Waals surface area (Å²) in [5.41, 5.74) is 6.13. The van der Waals surface area contributed by atoms with Crippen LogP contribution in [0.1, 0.15) is 32.1 Å². The van der Waals surface area contributed by atoms with E-state index < -0.39 is 0 Å². The summed E-state index contributed by atoms with van der Waals surface area (Å²) >= 11 is 0. The van der Waals surface area contributed by atoms with E-state index in [1.165, 1.54) is 19.3 Å². The minimum atomic E-state index is -0.358. The third kappa shape index (κ3) is 4.35. The van der Waals surface area contributed by atoms with E-state index >= 15 is 0 Å². The lowest BCUT2D eigenvalue weighted by atomic mass is 9.85. The maximum atomic E-state index is 10.3. The molecule has 1 atom stereocenters. The third-order valence-electron chi connectivity index (χ3n) is 5.07. The van der Waals surface area contributed by atoms with Crippen molar-refractivity contribution in [1.82, 2.24) is 14.9 Å². The Kier molecular flexibility index (Phi) is 5.85. The van der Waals surface area contributed by atoms with Crippen molar-refractivity contribution in [1.29, 1.82) is 0 Å². The summed E-state index contributed by atoms with van der Waals surface area (Å²) in [5.74, 6) is 1.70. The first kappa shape index (κ1) is 17.0. The van der Waals surface area contributed by atoms with E-state index in [-0.39, 0.29) is 6.10 Å². The van der Waals surface area contributed by atoms with Crippen LogP contribution in [0.25, 0.3) is 0 Å². The number of hydrogen-bond donors (Lipinski definition) is 2. The first-order chi connectivity index (χ1) is 11.7. The molecule has 0 spiro atoms. The van der Waals surface area contributed by atoms with Crippen LogP contribution in [-0.4, -0.2) is 64.8 Å². The van der Waals surface area contributed by atoms with Gasteiger partial charge in [-0.3, -0.25) is 4.99 Å². The van der Waals surface area contributed by atoms with Gasteiger partial charge in [-0.2, -0.15) is 0 Å². The minimum absolute atomic E-state index is 0.358. The summed E-state index contributed by atoms with van der Waals surface area (Å²) in [7, 11) is 0. The van der Waals surface area contributed by atoms with Gasteiger partial charge in [-0.25, -0.2) is 9.97 Å². The molecule has 0 aromatic carbocycles. The van der Waals surface area contributed by atoms with Gasteiger partial charge >= 0.3 is 0 Å². The van der Waals surface area contributed by atoms with Crippen LogP contribution in [0.3, 0.4) is 0 Å². The molecule has 1 aromatic rings. The maximum Gasteiger partial charge on any atom is 0.225 e. The smallest absolute Gasteiger partial charge is 0.225 e. The van der Waals surface area contributed by atoms with Gasteiger partial charge in [0.2, 0.25) is 5.95 Å². The first-order valence-corrected chi connectivity index (χ1v) is 8.99. The molecule has 2 heterocycles. The Morgan fingerprint density at radius 2 is 1.83 bits per heavy atom. The Bertz CT molecular complexity index is 523. The number of aliphatic imine (C=N–C) groups is 1. The fraction of sp³-hybridized carbons (Fsp3) is 0.706. The molecule has 2 fully saturated rings. The van der Waals surface area contributed by atoms with Gasteiger partial charge < -0.3 is 20.6 Å². The van der Waals surface area contributed by atoms with Crippen LogP contribution in [0.2, 0.25) is 0 Å². The number of hydrogen-bond acceptors (Lipinski definition) is 5. The van der Waals surface area contributed by atoms with Gasteiger partial charge in [0.15, 0.2) is 5.96 Å². The van der Waals surface area contributed by atoms with Crippen molar-refractivity contribution >= 4 is 11.9 Å². The molecule has 1 aliphatic heterocycles. The molecule has 1 saturated carbocycles. The van der Waals surface area contributed by atoms with Gasteiger partial charge in [-0.05, 0) is 24.8 Å². The molecule has 24 heavy (non-hydrogen) atoms. The summed E-state index contributed by atoms with van der Waals surface area (Å²) < 4.78 is 0. The Morgan fingerprint density at radius 1 is 1.17 bits per heavy atom. The molecule has 7 heteroatoms. The van der Waals surface area contributed by atoms with Crippen LogP contribution in [0, 0.1) is 5.92 Å². The van der Waals surface area contributed by atoms with Crippen LogP contribution >= 0.6 is 0 Å². The second-order valence-electron chi connectivity index (χ2n) is 6.69. The second kappa shape index (κ2) is 8.28. The molecule has 3 N–H and O–H groups in total. The summed E-state index contributed by atoms with van der Waals surface area (Å²) in [5, 5.41) is 10.3. The Hall–Kier alpha value is -1.89. The number of nitrogens with two attached hydrogens (primary N) is 1. The molecule has 0 amide bonds. The molecule has 2 aliphatic rings. The number of anilines is 1. The SMILES string of the molecule is NC(=NCC(O)C1CCCCC1)N1CCN(c2ncccn2)CC1. The molecule has 3 rings (SSSR count). The second-order valence-corrected chi connectivity index (χ2v) is 6.69. The van der Waals surface area contributed by atoms with E-state index in [1.807, 2.05) is 6.07 Å². The molecular formula is C17H28N6O. The number of aliphatic hydroxyl groups excluding tert-OH is 1. The monoisotopic (exact) mass is 332 g/mol. The van der Waals surface area contributed by atoms with Gasteiger partial charge in [-0.1, -0.05) is 19.3 Å². The average Bonchev–Trinajstić information content (AvgIpc) is 2.67. The van der Waals surface area contributed by atoms with Crippen LogP contribution in [0.15, 0.2) is 23.5 Å². The van der Waals surface area contributed by atoms with Crippen LogP contribution in [0.4, 0.5) is 5.95 Å². The van der Waals surface area contributed by atoms with Crippen molar-refractivity contribution in [2.24, 2.45) is 16.6 Å². The molecule has 1 saturated heterocycles. The fourth-order valence-corrected chi connectivity index (χ4v) is 3.55. The number of piperazine rings is 1. The highest BCUT2D eigenvalue weighted by molar-refractivity contribution is 5.78. The van der Waals surface area contributed by atoms with Gasteiger partial charge in [0.05, 0.1) is 12.6 Å². The van der Waals surface area contributed by atoms with Crippen molar-refractivity contribution in [3.8, 4) is 0 Å². The molecule has 0 bridgehead atoms. The fourth-order valence-electron chi connectivity index (χ4n) is 3.55. The zero-order valence-corrected chi connectivity index (χ0v) is 14.2. The quantitative estimate of drug-likeness (QED) is 0.628. The van der Waals surface area contributed by atoms with E-state index in [1.54, 1.807) is 12.4 Å². The molecule has 7 nitrogen and oxygen atoms in total. The predicted molar refractivity (Wildman–Crippen MR) is 94.9 cm³/mol. The van der Waals surface area contributed by atoms with Crippen molar-refractivity contribution in [3.63, 3.8) is 0 Å².